The van der Waals surface area contributed by atoms with Crippen molar-refractivity contribution < 1.29 is 4.74 Å². The van der Waals surface area contributed by atoms with Crippen LogP contribution in [0.15, 0.2) is 0 Å². The van der Waals surface area contributed by atoms with Crippen LogP contribution in [-0.2, 0) is 4.74 Å². The minimum atomic E-state index is -0.223. The standard InChI is InChI=1S/C13H22N2O/c1-16-12-6-5-7-13(10-12,11-14)15-8-3-2-4-9-15/h12H,2-10H2,1H3. The van der Waals surface area contributed by atoms with Gasteiger partial charge in [0, 0.05) is 13.5 Å². The van der Waals surface area contributed by atoms with Crippen LogP contribution in [0.5, 0.6) is 0 Å². The molecule has 16 heavy (non-hydrogen) atoms. The van der Waals surface area contributed by atoms with E-state index in [0.29, 0.717) is 0 Å². The predicted molar refractivity (Wildman–Crippen MR) is 63.0 cm³/mol. The molecule has 1 aliphatic heterocycles. The Morgan fingerprint density at radius 3 is 2.62 bits per heavy atom. The number of likely N-dealkylation sites (tertiary alicyclic amines) is 1. The van der Waals surface area contributed by atoms with Gasteiger partial charge in [-0.3, -0.25) is 4.90 Å². The zero-order chi connectivity index (χ0) is 11.4. The van der Waals surface area contributed by atoms with Gasteiger partial charge >= 0.3 is 0 Å². The molecule has 0 bridgehead atoms. The van der Waals surface area contributed by atoms with E-state index in [4.69, 9.17) is 4.74 Å². The molecule has 0 aromatic carbocycles. The molecule has 3 heteroatoms. The van der Waals surface area contributed by atoms with Crippen molar-refractivity contribution in [3.8, 4) is 6.07 Å². The monoisotopic (exact) mass is 222 g/mol. The van der Waals surface area contributed by atoms with Crippen LogP contribution in [0.4, 0.5) is 0 Å². The van der Waals surface area contributed by atoms with Crippen molar-refractivity contribution in [3.63, 3.8) is 0 Å². The molecule has 90 valence electrons. The lowest BCUT2D eigenvalue weighted by Crippen LogP contribution is -2.53. The third-order valence-electron chi connectivity index (χ3n) is 4.18. The Labute approximate surface area is 98.4 Å². The van der Waals surface area contributed by atoms with Gasteiger partial charge in [-0.1, -0.05) is 6.42 Å². The number of methoxy groups -OCH3 is 1. The second kappa shape index (κ2) is 5.16. The molecular weight excluding hydrogens is 200 g/mol. The quantitative estimate of drug-likeness (QED) is 0.719. The lowest BCUT2D eigenvalue weighted by Gasteiger charge is -2.45. The minimum absolute atomic E-state index is 0.223. The van der Waals surface area contributed by atoms with Gasteiger partial charge in [0.25, 0.3) is 0 Å². The fraction of sp³-hybridized carbons (Fsp3) is 0.923. The highest BCUT2D eigenvalue weighted by atomic mass is 16.5. The molecule has 1 heterocycles. The van der Waals surface area contributed by atoms with Crippen molar-refractivity contribution in [3.05, 3.63) is 0 Å². The molecule has 2 rings (SSSR count). The maximum Gasteiger partial charge on any atom is 0.111 e. The first-order valence-corrected chi connectivity index (χ1v) is 6.50. The van der Waals surface area contributed by atoms with Gasteiger partial charge in [-0.25, -0.2) is 0 Å². The van der Waals surface area contributed by atoms with Crippen LogP contribution in [0, 0.1) is 11.3 Å². The highest BCUT2D eigenvalue weighted by Gasteiger charge is 2.41. The maximum atomic E-state index is 9.56. The third kappa shape index (κ3) is 2.23. The van der Waals surface area contributed by atoms with Crippen molar-refractivity contribution in [1.29, 1.82) is 5.26 Å². The molecule has 2 unspecified atom stereocenters. The molecule has 2 atom stereocenters. The molecule has 1 aliphatic carbocycles. The second-order valence-corrected chi connectivity index (χ2v) is 5.15. The Morgan fingerprint density at radius 1 is 1.25 bits per heavy atom. The number of nitrogens with zero attached hydrogens (tertiary/aromatic N) is 2. The summed E-state index contributed by atoms with van der Waals surface area (Å²) >= 11 is 0. The van der Waals surface area contributed by atoms with Crippen molar-refractivity contribution in [1.82, 2.24) is 4.90 Å². The van der Waals surface area contributed by atoms with E-state index in [1.807, 2.05) is 0 Å². The van der Waals surface area contributed by atoms with Crippen molar-refractivity contribution in [2.45, 2.75) is 56.6 Å². The lowest BCUT2D eigenvalue weighted by molar-refractivity contribution is -0.00632. The summed E-state index contributed by atoms with van der Waals surface area (Å²) in [5.74, 6) is 0. The number of hydrogen-bond donors (Lipinski definition) is 0. The largest absolute Gasteiger partial charge is 0.381 e. The molecular formula is C13H22N2O. The molecule has 0 aromatic heterocycles. The summed E-state index contributed by atoms with van der Waals surface area (Å²) in [6.07, 6.45) is 8.29. The second-order valence-electron chi connectivity index (χ2n) is 5.15. The first-order valence-electron chi connectivity index (χ1n) is 6.50. The summed E-state index contributed by atoms with van der Waals surface area (Å²) in [4.78, 5) is 2.42. The molecule has 0 spiro atoms. The van der Waals surface area contributed by atoms with Gasteiger partial charge in [-0.2, -0.15) is 5.26 Å². The molecule has 0 N–H and O–H groups in total. The Hall–Kier alpha value is -0.590. The summed E-state index contributed by atoms with van der Waals surface area (Å²) in [5.41, 5.74) is -0.223. The number of nitriles is 1. The van der Waals surface area contributed by atoms with Crippen LogP contribution in [0.25, 0.3) is 0 Å². The molecule has 0 aromatic rings. The highest BCUT2D eigenvalue weighted by molar-refractivity contribution is 5.11. The van der Waals surface area contributed by atoms with Gasteiger partial charge in [0.2, 0.25) is 0 Å². The van der Waals surface area contributed by atoms with Crippen LogP contribution in [0.2, 0.25) is 0 Å². The number of rotatable bonds is 2. The molecule has 1 saturated heterocycles. The minimum Gasteiger partial charge on any atom is -0.381 e. The van der Waals surface area contributed by atoms with E-state index >= 15 is 0 Å². The van der Waals surface area contributed by atoms with Gasteiger partial charge in [-0.15, -0.1) is 0 Å². The summed E-state index contributed by atoms with van der Waals surface area (Å²) < 4.78 is 5.46. The highest BCUT2D eigenvalue weighted by Crippen LogP contribution is 2.36. The number of piperidine rings is 1. The summed E-state index contributed by atoms with van der Waals surface area (Å²) in [6, 6.07) is 2.60. The van der Waals surface area contributed by atoms with Crippen LogP contribution in [0.3, 0.4) is 0 Å². The average molecular weight is 222 g/mol. The summed E-state index contributed by atoms with van der Waals surface area (Å²) in [5, 5.41) is 9.56. The molecule has 1 saturated carbocycles. The van der Waals surface area contributed by atoms with Gasteiger partial charge in [-0.05, 0) is 45.2 Å². The van der Waals surface area contributed by atoms with E-state index < -0.39 is 0 Å². The van der Waals surface area contributed by atoms with E-state index in [1.165, 1.54) is 19.3 Å². The normalized spacial score (nSPS) is 36.9. The van der Waals surface area contributed by atoms with Crippen LogP contribution < -0.4 is 0 Å². The van der Waals surface area contributed by atoms with E-state index in [0.717, 1.165) is 38.8 Å². The van der Waals surface area contributed by atoms with Gasteiger partial charge < -0.3 is 4.74 Å². The van der Waals surface area contributed by atoms with Crippen molar-refractivity contribution in [2.24, 2.45) is 0 Å². The molecule has 2 aliphatic rings. The molecule has 0 amide bonds. The zero-order valence-electron chi connectivity index (χ0n) is 10.2. The number of hydrogen-bond acceptors (Lipinski definition) is 3. The summed E-state index contributed by atoms with van der Waals surface area (Å²) in [7, 11) is 1.77. The first-order chi connectivity index (χ1) is 7.80. The Morgan fingerprint density at radius 2 is 2.00 bits per heavy atom. The van der Waals surface area contributed by atoms with E-state index in [-0.39, 0.29) is 11.6 Å². The predicted octanol–water partition coefficient (Wildman–Crippen LogP) is 2.32. The van der Waals surface area contributed by atoms with Gasteiger partial charge in [0.15, 0.2) is 0 Å². The topological polar surface area (TPSA) is 36.3 Å². The molecule has 3 nitrogen and oxygen atoms in total. The fourth-order valence-electron chi connectivity index (χ4n) is 3.19. The average Bonchev–Trinajstić information content (AvgIpc) is 2.39. The lowest BCUT2D eigenvalue weighted by atomic mass is 9.79. The van der Waals surface area contributed by atoms with E-state index in [1.54, 1.807) is 7.11 Å². The van der Waals surface area contributed by atoms with Crippen LogP contribution in [0.1, 0.15) is 44.9 Å². The van der Waals surface area contributed by atoms with Gasteiger partial charge in [0.05, 0.1) is 12.2 Å². The SMILES string of the molecule is COC1CCCC(C#N)(N2CCCCC2)C1. The van der Waals surface area contributed by atoms with Crippen molar-refractivity contribution >= 4 is 0 Å². The Balaban J connectivity index is 2.08. The third-order valence-corrected chi connectivity index (χ3v) is 4.18. The molecule has 0 radical (unpaired) electrons. The Kier molecular flexibility index (Phi) is 3.83. The summed E-state index contributed by atoms with van der Waals surface area (Å²) in [6.45, 7) is 2.20. The maximum absolute atomic E-state index is 9.56. The van der Waals surface area contributed by atoms with Crippen LogP contribution in [-0.4, -0.2) is 36.7 Å². The fourth-order valence-corrected chi connectivity index (χ4v) is 3.19. The number of ether oxygens (including phenoxy) is 1. The van der Waals surface area contributed by atoms with E-state index in [2.05, 4.69) is 11.0 Å². The van der Waals surface area contributed by atoms with Gasteiger partial charge in [0.1, 0.15) is 5.54 Å². The zero-order valence-corrected chi connectivity index (χ0v) is 10.2. The van der Waals surface area contributed by atoms with Crippen LogP contribution >= 0.6 is 0 Å². The molecule has 2 fully saturated rings. The smallest absolute Gasteiger partial charge is 0.111 e. The Bertz CT molecular complexity index is 268. The van der Waals surface area contributed by atoms with E-state index in [9.17, 15) is 5.26 Å². The van der Waals surface area contributed by atoms with Crippen molar-refractivity contribution in [2.75, 3.05) is 20.2 Å². The first kappa shape index (κ1) is 11.9.